The molecule has 0 saturated heterocycles. The lowest BCUT2D eigenvalue weighted by Gasteiger charge is -2.14. The van der Waals surface area contributed by atoms with Crippen molar-refractivity contribution in [1.29, 1.82) is 0 Å². The quantitative estimate of drug-likeness (QED) is 0.643. The number of benzene rings is 1. The van der Waals surface area contributed by atoms with E-state index in [0.29, 0.717) is 12.0 Å². The Hall–Kier alpha value is -1.42. The van der Waals surface area contributed by atoms with Gasteiger partial charge in [-0.05, 0) is 37.2 Å². The molecule has 4 heteroatoms. The molecule has 0 radical (unpaired) electrons. The molecule has 0 aliphatic heterocycles. The maximum atomic E-state index is 10.5. The van der Waals surface area contributed by atoms with Crippen molar-refractivity contribution in [3.8, 4) is 0 Å². The van der Waals surface area contributed by atoms with Crippen LogP contribution in [0.1, 0.15) is 31.2 Å². The fourth-order valence-electron chi connectivity index (χ4n) is 2.56. The highest BCUT2D eigenvalue weighted by Crippen LogP contribution is 2.28. The molecule has 0 spiro atoms. The average Bonchev–Trinajstić information content (AvgIpc) is 2.73. The third-order valence-corrected chi connectivity index (χ3v) is 3.67. The van der Waals surface area contributed by atoms with Crippen molar-refractivity contribution in [2.75, 3.05) is 0 Å². The SMILES string of the molecule is NC1CCCC1CCc1ccc([N+](=O)[O-])cc1. The van der Waals surface area contributed by atoms with E-state index in [1.54, 1.807) is 12.1 Å². The number of non-ortho nitro benzene ring substituents is 1. The highest BCUT2D eigenvalue weighted by atomic mass is 16.6. The van der Waals surface area contributed by atoms with Gasteiger partial charge in [0.1, 0.15) is 0 Å². The van der Waals surface area contributed by atoms with Crippen molar-refractivity contribution < 1.29 is 4.92 Å². The number of nitro groups is 1. The standard InChI is InChI=1S/C13H18N2O2/c14-13-3-1-2-11(13)7-4-10-5-8-12(9-6-10)15(16)17/h5-6,8-9,11,13H,1-4,7,14H2. The summed E-state index contributed by atoms with van der Waals surface area (Å²) in [6, 6.07) is 7.19. The van der Waals surface area contributed by atoms with Crippen LogP contribution in [0.2, 0.25) is 0 Å². The van der Waals surface area contributed by atoms with Crippen LogP contribution in [0.25, 0.3) is 0 Å². The maximum absolute atomic E-state index is 10.5. The number of nitrogens with two attached hydrogens (primary N) is 1. The van der Waals surface area contributed by atoms with E-state index < -0.39 is 0 Å². The topological polar surface area (TPSA) is 69.2 Å². The number of nitrogens with zero attached hydrogens (tertiary/aromatic N) is 1. The van der Waals surface area contributed by atoms with Crippen LogP contribution in [0.3, 0.4) is 0 Å². The van der Waals surface area contributed by atoms with Crippen molar-refractivity contribution in [2.45, 2.75) is 38.1 Å². The molecule has 4 nitrogen and oxygen atoms in total. The number of hydrogen-bond acceptors (Lipinski definition) is 3. The van der Waals surface area contributed by atoms with E-state index in [9.17, 15) is 10.1 Å². The first-order valence-corrected chi connectivity index (χ1v) is 6.16. The monoisotopic (exact) mass is 234 g/mol. The zero-order valence-electron chi connectivity index (χ0n) is 9.84. The van der Waals surface area contributed by atoms with Gasteiger partial charge in [-0.15, -0.1) is 0 Å². The highest BCUT2D eigenvalue weighted by molar-refractivity contribution is 5.32. The molecule has 1 aliphatic carbocycles. The molecule has 1 aromatic carbocycles. The van der Waals surface area contributed by atoms with Gasteiger partial charge in [0.05, 0.1) is 4.92 Å². The third-order valence-electron chi connectivity index (χ3n) is 3.67. The summed E-state index contributed by atoms with van der Waals surface area (Å²) in [4.78, 5) is 10.1. The predicted octanol–water partition coefficient (Wildman–Crippen LogP) is 2.65. The van der Waals surface area contributed by atoms with Crippen molar-refractivity contribution in [1.82, 2.24) is 0 Å². The van der Waals surface area contributed by atoms with Crippen LogP contribution in [0, 0.1) is 16.0 Å². The molecule has 0 aromatic heterocycles. The maximum Gasteiger partial charge on any atom is 0.269 e. The molecule has 1 fully saturated rings. The van der Waals surface area contributed by atoms with Crippen LogP contribution in [0.4, 0.5) is 5.69 Å². The molecule has 0 bridgehead atoms. The van der Waals surface area contributed by atoms with Gasteiger partial charge in [-0.25, -0.2) is 0 Å². The van der Waals surface area contributed by atoms with Gasteiger partial charge in [-0.1, -0.05) is 18.6 Å². The van der Waals surface area contributed by atoms with Gasteiger partial charge in [-0.3, -0.25) is 10.1 Å². The molecule has 1 saturated carbocycles. The first kappa shape index (κ1) is 12.0. The van der Waals surface area contributed by atoms with E-state index in [1.807, 2.05) is 12.1 Å². The smallest absolute Gasteiger partial charge is 0.269 e. The average molecular weight is 234 g/mol. The molecule has 2 atom stereocenters. The van der Waals surface area contributed by atoms with Gasteiger partial charge in [0.15, 0.2) is 0 Å². The Labute approximate surface area is 101 Å². The Morgan fingerprint density at radius 3 is 2.53 bits per heavy atom. The number of aryl methyl sites for hydroxylation is 1. The summed E-state index contributed by atoms with van der Waals surface area (Å²) in [5.41, 5.74) is 7.34. The third kappa shape index (κ3) is 3.03. The van der Waals surface area contributed by atoms with Crippen molar-refractivity contribution in [2.24, 2.45) is 11.7 Å². The molecule has 0 amide bonds. The van der Waals surface area contributed by atoms with Crippen molar-refractivity contribution in [3.63, 3.8) is 0 Å². The van der Waals surface area contributed by atoms with Gasteiger partial charge in [0.25, 0.3) is 5.69 Å². The van der Waals surface area contributed by atoms with E-state index in [4.69, 9.17) is 5.73 Å². The van der Waals surface area contributed by atoms with Gasteiger partial charge in [0.2, 0.25) is 0 Å². The zero-order chi connectivity index (χ0) is 12.3. The fourth-order valence-corrected chi connectivity index (χ4v) is 2.56. The fraction of sp³-hybridized carbons (Fsp3) is 0.538. The van der Waals surface area contributed by atoms with Crippen LogP contribution in [0.15, 0.2) is 24.3 Å². The molecule has 0 heterocycles. The van der Waals surface area contributed by atoms with E-state index in [0.717, 1.165) is 24.8 Å². The first-order valence-electron chi connectivity index (χ1n) is 6.16. The molecular formula is C13H18N2O2. The molecule has 1 aromatic rings. The second kappa shape index (κ2) is 5.27. The minimum atomic E-state index is -0.364. The summed E-state index contributed by atoms with van der Waals surface area (Å²) in [6.07, 6.45) is 5.68. The molecule has 2 rings (SSSR count). The van der Waals surface area contributed by atoms with Crippen LogP contribution < -0.4 is 5.73 Å². The number of nitro benzene ring substituents is 1. The molecule has 2 N–H and O–H groups in total. The minimum absolute atomic E-state index is 0.159. The zero-order valence-corrected chi connectivity index (χ0v) is 9.84. The first-order chi connectivity index (χ1) is 8.16. The summed E-state index contributed by atoms with van der Waals surface area (Å²) in [7, 11) is 0. The normalized spacial score (nSPS) is 23.8. The second-order valence-corrected chi connectivity index (χ2v) is 4.82. The molecule has 92 valence electrons. The minimum Gasteiger partial charge on any atom is -0.327 e. The lowest BCUT2D eigenvalue weighted by molar-refractivity contribution is -0.384. The van der Waals surface area contributed by atoms with Gasteiger partial charge in [-0.2, -0.15) is 0 Å². The van der Waals surface area contributed by atoms with E-state index in [1.165, 1.54) is 12.8 Å². The lowest BCUT2D eigenvalue weighted by atomic mass is 9.95. The molecular weight excluding hydrogens is 216 g/mol. The van der Waals surface area contributed by atoms with Crippen molar-refractivity contribution >= 4 is 5.69 Å². The van der Waals surface area contributed by atoms with E-state index in [2.05, 4.69) is 0 Å². The Kier molecular flexibility index (Phi) is 3.74. The highest BCUT2D eigenvalue weighted by Gasteiger charge is 2.23. The van der Waals surface area contributed by atoms with Crippen molar-refractivity contribution in [3.05, 3.63) is 39.9 Å². The van der Waals surface area contributed by atoms with Gasteiger partial charge < -0.3 is 5.73 Å². The summed E-state index contributed by atoms with van der Waals surface area (Å²) in [5.74, 6) is 0.630. The number of hydrogen-bond donors (Lipinski definition) is 1. The van der Waals surface area contributed by atoms with Gasteiger partial charge >= 0.3 is 0 Å². The Bertz CT molecular complexity index is 389. The Balaban J connectivity index is 1.88. The Morgan fingerprint density at radius 1 is 1.29 bits per heavy atom. The largest absolute Gasteiger partial charge is 0.327 e. The second-order valence-electron chi connectivity index (χ2n) is 4.82. The summed E-state index contributed by atoms with van der Waals surface area (Å²) in [6.45, 7) is 0. The predicted molar refractivity (Wildman–Crippen MR) is 66.7 cm³/mol. The number of rotatable bonds is 4. The summed E-state index contributed by atoms with van der Waals surface area (Å²) in [5, 5.41) is 10.5. The molecule has 17 heavy (non-hydrogen) atoms. The van der Waals surface area contributed by atoms with Crippen LogP contribution in [-0.2, 0) is 6.42 Å². The van der Waals surface area contributed by atoms with Gasteiger partial charge in [0, 0.05) is 18.2 Å². The van der Waals surface area contributed by atoms with E-state index >= 15 is 0 Å². The summed E-state index contributed by atoms with van der Waals surface area (Å²) < 4.78 is 0. The van der Waals surface area contributed by atoms with Crippen LogP contribution in [0.5, 0.6) is 0 Å². The van der Waals surface area contributed by atoms with E-state index in [-0.39, 0.29) is 10.6 Å². The molecule has 2 unspecified atom stereocenters. The molecule has 1 aliphatic rings. The van der Waals surface area contributed by atoms with Crippen LogP contribution in [-0.4, -0.2) is 11.0 Å². The van der Waals surface area contributed by atoms with Crippen LogP contribution >= 0.6 is 0 Å². The Morgan fingerprint density at radius 2 is 2.00 bits per heavy atom. The lowest BCUT2D eigenvalue weighted by Crippen LogP contribution is -2.24. The summed E-state index contributed by atoms with van der Waals surface area (Å²) >= 11 is 0.